The highest BCUT2D eigenvalue weighted by molar-refractivity contribution is 7.92. The fraction of sp³-hybridized carbons (Fsp3) is 0.278. The maximum absolute atomic E-state index is 13.7. The van der Waals surface area contributed by atoms with E-state index in [-0.39, 0.29) is 22.5 Å². The predicted octanol–water partition coefficient (Wildman–Crippen LogP) is 2.11. The molecule has 1 aliphatic rings. The second-order valence-electron chi connectivity index (χ2n) is 6.40. The number of carbonyl (C=O) groups excluding carboxylic acids is 1. The molecule has 0 saturated carbocycles. The first-order valence-electron chi connectivity index (χ1n) is 8.20. The third kappa shape index (κ3) is 3.86. The number of nitrogens with two attached hydrogens (primary N) is 1. The Morgan fingerprint density at radius 2 is 2.04 bits per heavy atom. The third-order valence-corrected chi connectivity index (χ3v) is 5.71. The third-order valence-electron chi connectivity index (χ3n) is 4.33. The molecule has 0 bridgehead atoms. The van der Waals surface area contributed by atoms with Crippen molar-refractivity contribution >= 4 is 21.6 Å². The molecule has 138 valence electrons. The summed E-state index contributed by atoms with van der Waals surface area (Å²) < 4.78 is 41.0. The number of anilines is 1. The summed E-state index contributed by atoms with van der Waals surface area (Å²) in [6, 6.07) is 9.90. The lowest BCUT2D eigenvalue weighted by molar-refractivity contribution is 0.0791. The summed E-state index contributed by atoms with van der Waals surface area (Å²) in [6.45, 7) is 2.62. The number of hydrogen-bond acceptors (Lipinski definition) is 4. The first-order valence-corrected chi connectivity index (χ1v) is 9.68. The molecule has 0 unspecified atom stereocenters. The summed E-state index contributed by atoms with van der Waals surface area (Å²) in [5, 5.41) is 0. The van der Waals surface area contributed by atoms with Crippen molar-refractivity contribution in [2.45, 2.75) is 24.3 Å². The van der Waals surface area contributed by atoms with E-state index in [1.165, 1.54) is 24.3 Å². The molecule has 2 aromatic carbocycles. The van der Waals surface area contributed by atoms with E-state index in [0.717, 1.165) is 12.5 Å². The Morgan fingerprint density at radius 1 is 1.27 bits per heavy atom. The summed E-state index contributed by atoms with van der Waals surface area (Å²) in [4.78, 5) is 14.0. The van der Waals surface area contributed by atoms with Gasteiger partial charge < -0.3 is 10.6 Å². The second-order valence-corrected chi connectivity index (χ2v) is 8.08. The van der Waals surface area contributed by atoms with Gasteiger partial charge in [0.15, 0.2) is 0 Å². The van der Waals surface area contributed by atoms with Gasteiger partial charge in [-0.1, -0.05) is 12.1 Å². The van der Waals surface area contributed by atoms with Crippen molar-refractivity contribution in [1.29, 1.82) is 0 Å². The zero-order valence-corrected chi connectivity index (χ0v) is 15.1. The molecule has 0 aromatic heterocycles. The minimum Gasteiger partial charge on any atom is -0.337 e. The summed E-state index contributed by atoms with van der Waals surface area (Å²) in [6.07, 6.45) is 0.747. The minimum atomic E-state index is -3.96. The highest BCUT2D eigenvalue weighted by atomic mass is 32.2. The van der Waals surface area contributed by atoms with Crippen molar-refractivity contribution in [2.75, 3.05) is 17.8 Å². The number of carbonyl (C=O) groups is 1. The molecule has 26 heavy (non-hydrogen) atoms. The van der Waals surface area contributed by atoms with E-state index in [1.807, 2.05) is 0 Å². The van der Waals surface area contributed by atoms with Gasteiger partial charge in [-0.15, -0.1) is 0 Å². The Kier molecular flexibility index (Phi) is 4.97. The lowest BCUT2D eigenvalue weighted by atomic mass is 10.2. The quantitative estimate of drug-likeness (QED) is 0.854. The Bertz CT molecular complexity index is 946. The van der Waals surface area contributed by atoms with Crippen LogP contribution in [0.3, 0.4) is 0 Å². The smallest absolute Gasteiger partial charge is 0.261 e. The van der Waals surface area contributed by atoms with Gasteiger partial charge in [0.25, 0.3) is 15.9 Å². The van der Waals surface area contributed by atoms with Gasteiger partial charge in [0.1, 0.15) is 5.82 Å². The van der Waals surface area contributed by atoms with Crippen LogP contribution in [0, 0.1) is 12.7 Å². The Hall–Kier alpha value is -2.45. The van der Waals surface area contributed by atoms with E-state index in [4.69, 9.17) is 5.73 Å². The van der Waals surface area contributed by atoms with Crippen LogP contribution in [0.15, 0.2) is 47.4 Å². The number of halogens is 1. The van der Waals surface area contributed by atoms with Gasteiger partial charge in [-0.05, 0) is 49.2 Å². The van der Waals surface area contributed by atoms with Gasteiger partial charge >= 0.3 is 0 Å². The maximum Gasteiger partial charge on any atom is 0.261 e. The lowest BCUT2D eigenvalue weighted by Gasteiger charge is -2.16. The molecule has 1 aliphatic heterocycles. The summed E-state index contributed by atoms with van der Waals surface area (Å²) in [5.41, 5.74) is 6.79. The monoisotopic (exact) mass is 377 g/mol. The van der Waals surface area contributed by atoms with E-state index in [1.54, 1.807) is 24.0 Å². The second kappa shape index (κ2) is 7.05. The fourth-order valence-electron chi connectivity index (χ4n) is 2.82. The molecule has 0 radical (unpaired) electrons. The number of sulfonamides is 1. The molecule has 0 aliphatic carbocycles. The van der Waals surface area contributed by atoms with Crippen LogP contribution >= 0.6 is 0 Å². The average Bonchev–Trinajstić information content (AvgIpc) is 3.03. The SMILES string of the molecule is Cc1ccc(S(=O)(=O)Nc2cccc(C(=O)N3CC[C@@H](N)C3)c2)cc1F. The molecule has 1 amide bonds. The van der Waals surface area contributed by atoms with E-state index in [0.29, 0.717) is 24.2 Å². The molecule has 0 spiro atoms. The molecule has 8 heteroatoms. The van der Waals surface area contributed by atoms with Crippen molar-refractivity contribution in [2.24, 2.45) is 5.73 Å². The molecule has 1 saturated heterocycles. The lowest BCUT2D eigenvalue weighted by Crippen LogP contribution is -2.31. The van der Waals surface area contributed by atoms with Gasteiger partial charge in [-0.2, -0.15) is 0 Å². The van der Waals surface area contributed by atoms with Gasteiger partial charge in [-0.3, -0.25) is 9.52 Å². The number of nitrogens with one attached hydrogen (secondary N) is 1. The molecule has 1 fully saturated rings. The van der Waals surface area contributed by atoms with Crippen LogP contribution in [0.2, 0.25) is 0 Å². The first kappa shape index (κ1) is 18.3. The average molecular weight is 377 g/mol. The van der Waals surface area contributed by atoms with Crippen molar-refractivity contribution < 1.29 is 17.6 Å². The van der Waals surface area contributed by atoms with Crippen LogP contribution in [0.5, 0.6) is 0 Å². The van der Waals surface area contributed by atoms with Gasteiger partial charge in [0.05, 0.1) is 4.90 Å². The number of rotatable bonds is 4. The van der Waals surface area contributed by atoms with Crippen molar-refractivity contribution in [3.05, 3.63) is 59.4 Å². The number of amides is 1. The highest BCUT2D eigenvalue weighted by Gasteiger charge is 2.25. The van der Waals surface area contributed by atoms with Crippen LogP contribution in [0.25, 0.3) is 0 Å². The van der Waals surface area contributed by atoms with Crippen molar-refractivity contribution in [3.63, 3.8) is 0 Å². The van der Waals surface area contributed by atoms with Crippen LogP contribution in [0.1, 0.15) is 22.3 Å². The highest BCUT2D eigenvalue weighted by Crippen LogP contribution is 2.21. The molecule has 3 rings (SSSR count). The van der Waals surface area contributed by atoms with E-state index >= 15 is 0 Å². The number of nitrogens with zero attached hydrogens (tertiary/aromatic N) is 1. The van der Waals surface area contributed by atoms with E-state index < -0.39 is 15.8 Å². The van der Waals surface area contributed by atoms with Gasteiger partial charge in [0.2, 0.25) is 0 Å². The molecule has 1 heterocycles. The zero-order valence-electron chi connectivity index (χ0n) is 14.3. The van der Waals surface area contributed by atoms with Crippen LogP contribution in [-0.4, -0.2) is 38.4 Å². The van der Waals surface area contributed by atoms with E-state index in [9.17, 15) is 17.6 Å². The molecule has 2 aromatic rings. The first-order chi connectivity index (χ1) is 12.3. The topological polar surface area (TPSA) is 92.5 Å². The summed E-state index contributed by atoms with van der Waals surface area (Å²) in [5.74, 6) is -0.789. The fourth-order valence-corrected chi connectivity index (χ4v) is 3.89. The normalized spacial score (nSPS) is 17.3. The predicted molar refractivity (Wildman–Crippen MR) is 96.9 cm³/mol. The minimum absolute atomic E-state index is 0.0305. The molecule has 6 nitrogen and oxygen atoms in total. The van der Waals surface area contributed by atoms with E-state index in [2.05, 4.69) is 4.72 Å². The van der Waals surface area contributed by atoms with Crippen molar-refractivity contribution in [3.8, 4) is 0 Å². The van der Waals surface area contributed by atoms with Crippen LogP contribution < -0.4 is 10.5 Å². The van der Waals surface area contributed by atoms with Crippen LogP contribution in [-0.2, 0) is 10.0 Å². The Morgan fingerprint density at radius 3 is 2.69 bits per heavy atom. The zero-order chi connectivity index (χ0) is 18.9. The molecule has 1 atom stereocenters. The van der Waals surface area contributed by atoms with Gasteiger partial charge in [0, 0.05) is 30.4 Å². The Balaban J connectivity index is 1.81. The van der Waals surface area contributed by atoms with Crippen molar-refractivity contribution in [1.82, 2.24) is 4.90 Å². The molecule has 3 N–H and O–H groups in total. The summed E-state index contributed by atoms with van der Waals surface area (Å²) in [7, 11) is -3.96. The largest absolute Gasteiger partial charge is 0.337 e. The van der Waals surface area contributed by atoms with Crippen LogP contribution in [0.4, 0.5) is 10.1 Å². The molecular weight excluding hydrogens is 357 g/mol. The number of aryl methyl sites for hydroxylation is 1. The van der Waals surface area contributed by atoms with Gasteiger partial charge in [-0.25, -0.2) is 12.8 Å². The number of benzene rings is 2. The standard InChI is InChI=1S/C18H20FN3O3S/c1-12-5-6-16(10-17(12)19)26(24,25)21-15-4-2-3-13(9-15)18(23)22-8-7-14(20)11-22/h2-6,9-10,14,21H,7-8,11,20H2,1H3/t14-/m1/s1. The number of hydrogen-bond donors (Lipinski definition) is 2. The molecular formula is C18H20FN3O3S. The Labute approximate surface area is 151 Å². The number of likely N-dealkylation sites (tertiary alicyclic amines) is 1. The maximum atomic E-state index is 13.7. The summed E-state index contributed by atoms with van der Waals surface area (Å²) >= 11 is 0.